The molecule has 0 aliphatic carbocycles. The third-order valence-corrected chi connectivity index (χ3v) is 2.07. The van der Waals surface area contributed by atoms with Crippen molar-refractivity contribution in [3.8, 4) is 5.75 Å². The van der Waals surface area contributed by atoms with Gasteiger partial charge in [-0.15, -0.1) is 0 Å². The second-order valence-electron chi connectivity index (χ2n) is 3.33. The Hall–Kier alpha value is -1.75. The molecular weight excluding hydrogens is 208 g/mol. The summed E-state index contributed by atoms with van der Waals surface area (Å²) in [5.41, 5.74) is 7.15. The van der Waals surface area contributed by atoms with Crippen LogP contribution in [0, 0.1) is 6.92 Å². The molecule has 88 valence electrons. The first-order valence-corrected chi connectivity index (χ1v) is 4.89. The molecule has 1 aromatic carbocycles. The standard InChI is InChI=1S/C11H16N2O3/c1-8-3-4-9(11(12)13-14)10(7-8)16-6-5-15-2/h3-4,7,14H,5-6H2,1-2H3,(H2,12,13). The Morgan fingerprint density at radius 3 is 2.81 bits per heavy atom. The quantitative estimate of drug-likeness (QED) is 0.258. The Labute approximate surface area is 94.5 Å². The van der Waals surface area contributed by atoms with Gasteiger partial charge in [0.25, 0.3) is 0 Å². The van der Waals surface area contributed by atoms with Crippen LogP contribution in [0.15, 0.2) is 23.4 Å². The summed E-state index contributed by atoms with van der Waals surface area (Å²) in [6.07, 6.45) is 0. The van der Waals surface area contributed by atoms with Crippen molar-refractivity contribution in [2.75, 3.05) is 20.3 Å². The van der Waals surface area contributed by atoms with E-state index in [1.54, 1.807) is 13.2 Å². The number of benzene rings is 1. The van der Waals surface area contributed by atoms with E-state index in [2.05, 4.69) is 5.16 Å². The zero-order valence-electron chi connectivity index (χ0n) is 9.43. The number of methoxy groups -OCH3 is 1. The predicted molar refractivity (Wildman–Crippen MR) is 61.1 cm³/mol. The first-order chi connectivity index (χ1) is 7.69. The number of rotatable bonds is 5. The number of nitrogens with zero attached hydrogens (tertiary/aromatic N) is 1. The summed E-state index contributed by atoms with van der Waals surface area (Å²) in [6, 6.07) is 5.46. The van der Waals surface area contributed by atoms with Gasteiger partial charge in [0.15, 0.2) is 5.84 Å². The lowest BCUT2D eigenvalue weighted by Crippen LogP contribution is -2.16. The van der Waals surface area contributed by atoms with Gasteiger partial charge in [0.1, 0.15) is 12.4 Å². The van der Waals surface area contributed by atoms with Gasteiger partial charge in [0, 0.05) is 7.11 Å². The fraction of sp³-hybridized carbons (Fsp3) is 0.364. The molecule has 0 aromatic heterocycles. The van der Waals surface area contributed by atoms with Crippen LogP contribution in [0.1, 0.15) is 11.1 Å². The van der Waals surface area contributed by atoms with Gasteiger partial charge in [-0.25, -0.2) is 0 Å². The van der Waals surface area contributed by atoms with Gasteiger partial charge in [0.05, 0.1) is 12.2 Å². The lowest BCUT2D eigenvalue weighted by atomic mass is 10.1. The van der Waals surface area contributed by atoms with E-state index in [-0.39, 0.29) is 5.84 Å². The molecule has 0 atom stereocenters. The fourth-order valence-electron chi connectivity index (χ4n) is 1.25. The highest BCUT2D eigenvalue weighted by Gasteiger charge is 2.08. The molecule has 16 heavy (non-hydrogen) atoms. The first kappa shape index (κ1) is 12.3. The summed E-state index contributed by atoms with van der Waals surface area (Å²) in [4.78, 5) is 0. The highest BCUT2D eigenvalue weighted by molar-refractivity contribution is 5.99. The van der Waals surface area contributed by atoms with Crippen molar-refractivity contribution < 1.29 is 14.7 Å². The number of ether oxygens (including phenoxy) is 2. The van der Waals surface area contributed by atoms with Gasteiger partial charge in [-0.3, -0.25) is 0 Å². The van der Waals surface area contributed by atoms with Gasteiger partial charge in [-0.2, -0.15) is 0 Å². The van der Waals surface area contributed by atoms with Crippen LogP contribution in [-0.2, 0) is 4.74 Å². The highest BCUT2D eigenvalue weighted by Crippen LogP contribution is 2.20. The van der Waals surface area contributed by atoms with Gasteiger partial charge < -0.3 is 20.4 Å². The van der Waals surface area contributed by atoms with Crippen LogP contribution < -0.4 is 10.5 Å². The van der Waals surface area contributed by atoms with E-state index in [1.165, 1.54) is 0 Å². The minimum Gasteiger partial charge on any atom is -0.490 e. The molecule has 5 nitrogen and oxygen atoms in total. The number of aryl methyl sites for hydroxylation is 1. The lowest BCUT2D eigenvalue weighted by Gasteiger charge is -2.11. The predicted octanol–water partition coefficient (Wildman–Crippen LogP) is 1.11. The van der Waals surface area contributed by atoms with E-state index in [0.29, 0.717) is 24.5 Å². The Kier molecular flexibility index (Phi) is 4.60. The third-order valence-electron chi connectivity index (χ3n) is 2.07. The molecule has 0 unspecified atom stereocenters. The van der Waals surface area contributed by atoms with Gasteiger partial charge in [-0.1, -0.05) is 11.2 Å². The molecule has 0 fully saturated rings. The van der Waals surface area contributed by atoms with Crippen molar-refractivity contribution in [3.05, 3.63) is 29.3 Å². The molecule has 0 amide bonds. The summed E-state index contributed by atoms with van der Waals surface area (Å²) in [5.74, 6) is 0.625. The molecule has 0 radical (unpaired) electrons. The molecule has 0 saturated carbocycles. The number of hydrogen-bond acceptors (Lipinski definition) is 4. The monoisotopic (exact) mass is 224 g/mol. The van der Waals surface area contributed by atoms with E-state index >= 15 is 0 Å². The average molecular weight is 224 g/mol. The molecular formula is C11H16N2O3. The summed E-state index contributed by atoms with van der Waals surface area (Å²) >= 11 is 0. The molecule has 0 saturated heterocycles. The van der Waals surface area contributed by atoms with Crippen LogP contribution in [-0.4, -0.2) is 31.4 Å². The Bertz CT molecular complexity index is 377. The topological polar surface area (TPSA) is 77.1 Å². The average Bonchev–Trinajstić information content (AvgIpc) is 2.29. The van der Waals surface area contributed by atoms with E-state index in [4.69, 9.17) is 20.4 Å². The number of oxime groups is 1. The zero-order valence-corrected chi connectivity index (χ0v) is 9.43. The summed E-state index contributed by atoms with van der Waals surface area (Å²) in [5, 5.41) is 11.6. The van der Waals surface area contributed by atoms with Crippen molar-refractivity contribution in [1.29, 1.82) is 0 Å². The maximum absolute atomic E-state index is 8.64. The molecule has 0 bridgehead atoms. The van der Waals surface area contributed by atoms with Crippen LogP contribution in [0.4, 0.5) is 0 Å². The molecule has 0 aliphatic heterocycles. The van der Waals surface area contributed by atoms with Crippen LogP contribution in [0.5, 0.6) is 5.75 Å². The van der Waals surface area contributed by atoms with E-state index < -0.39 is 0 Å². The SMILES string of the molecule is COCCOc1cc(C)ccc1C(N)=NO. The van der Waals surface area contributed by atoms with Crippen molar-refractivity contribution in [2.45, 2.75) is 6.92 Å². The summed E-state index contributed by atoms with van der Waals surface area (Å²) < 4.78 is 10.4. The molecule has 3 N–H and O–H groups in total. The van der Waals surface area contributed by atoms with E-state index in [0.717, 1.165) is 5.56 Å². The lowest BCUT2D eigenvalue weighted by molar-refractivity contribution is 0.146. The maximum Gasteiger partial charge on any atom is 0.173 e. The van der Waals surface area contributed by atoms with Crippen molar-refractivity contribution >= 4 is 5.84 Å². The smallest absolute Gasteiger partial charge is 0.173 e. The minimum atomic E-state index is 0.0346. The van der Waals surface area contributed by atoms with Crippen molar-refractivity contribution in [3.63, 3.8) is 0 Å². The van der Waals surface area contributed by atoms with Crippen LogP contribution in [0.2, 0.25) is 0 Å². The summed E-state index contributed by atoms with van der Waals surface area (Å²) in [6.45, 7) is 2.86. The normalized spacial score (nSPS) is 11.5. The van der Waals surface area contributed by atoms with Gasteiger partial charge in [0.2, 0.25) is 0 Å². The number of nitrogens with two attached hydrogens (primary N) is 1. The van der Waals surface area contributed by atoms with Crippen LogP contribution >= 0.6 is 0 Å². The first-order valence-electron chi connectivity index (χ1n) is 4.89. The molecule has 0 aliphatic rings. The van der Waals surface area contributed by atoms with Crippen LogP contribution in [0.25, 0.3) is 0 Å². The molecule has 0 spiro atoms. The number of amidine groups is 1. The third kappa shape index (κ3) is 3.13. The maximum atomic E-state index is 8.64. The van der Waals surface area contributed by atoms with Crippen molar-refractivity contribution in [1.82, 2.24) is 0 Å². The fourth-order valence-corrected chi connectivity index (χ4v) is 1.25. The Morgan fingerprint density at radius 2 is 2.19 bits per heavy atom. The van der Waals surface area contributed by atoms with Gasteiger partial charge in [-0.05, 0) is 24.6 Å². The van der Waals surface area contributed by atoms with E-state index in [9.17, 15) is 0 Å². The highest BCUT2D eigenvalue weighted by atomic mass is 16.5. The zero-order chi connectivity index (χ0) is 12.0. The second kappa shape index (κ2) is 5.97. The Morgan fingerprint density at radius 1 is 1.44 bits per heavy atom. The van der Waals surface area contributed by atoms with E-state index in [1.807, 2.05) is 19.1 Å². The largest absolute Gasteiger partial charge is 0.490 e. The van der Waals surface area contributed by atoms with Crippen molar-refractivity contribution in [2.24, 2.45) is 10.9 Å². The molecule has 1 aromatic rings. The number of hydrogen-bond donors (Lipinski definition) is 2. The minimum absolute atomic E-state index is 0.0346. The molecule has 0 heterocycles. The molecule has 1 rings (SSSR count). The molecule has 5 heteroatoms. The van der Waals surface area contributed by atoms with Crippen LogP contribution in [0.3, 0.4) is 0 Å². The van der Waals surface area contributed by atoms with Gasteiger partial charge >= 0.3 is 0 Å². The Balaban J connectivity index is 2.90. The second-order valence-corrected chi connectivity index (χ2v) is 3.33. The summed E-state index contributed by atoms with van der Waals surface area (Å²) in [7, 11) is 1.60.